The Morgan fingerprint density at radius 2 is 1.68 bits per heavy atom. The third kappa shape index (κ3) is 6.89. The average molecular weight is 661 g/mol. The van der Waals surface area contributed by atoms with Crippen molar-refractivity contribution in [3.63, 3.8) is 0 Å². The van der Waals surface area contributed by atoms with E-state index in [-0.39, 0.29) is 62.8 Å². The van der Waals surface area contributed by atoms with Crippen LogP contribution in [0, 0.1) is 28.5 Å². The largest absolute Gasteiger partial charge is 0.496 e. The van der Waals surface area contributed by atoms with Crippen molar-refractivity contribution in [2.24, 2.45) is 11.3 Å². The Hall–Kier alpha value is -5.06. The quantitative estimate of drug-likeness (QED) is 0.124. The average Bonchev–Trinajstić information content (AvgIpc) is 3.40. The van der Waals surface area contributed by atoms with Gasteiger partial charge in [0.05, 0.1) is 41.7 Å². The summed E-state index contributed by atoms with van der Waals surface area (Å²) in [5, 5.41) is 14.3. The van der Waals surface area contributed by atoms with Gasteiger partial charge in [0.1, 0.15) is 23.1 Å². The van der Waals surface area contributed by atoms with Crippen LogP contribution >= 0.6 is 0 Å². The van der Waals surface area contributed by atoms with Crippen LogP contribution in [-0.4, -0.2) is 49.5 Å². The third-order valence-electron chi connectivity index (χ3n) is 8.00. The molecular formula is C33H30F6N4O4. The van der Waals surface area contributed by atoms with E-state index < -0.39 is 47.4 Å². The molecule has 2 aromatic heterocycles. The highest BCUT2D eigenvalue weighted by Gasteiger charge is 2.57. The van der Waals surface area contributed by atoms with Crippen LogP contribution in [0.15, 0.2) is 52.9 Å². The number of carbonyl (C=O) groups excluding carboxylic acids is 2. The van der Waals surface area contributed by atoms with E-state index in [1.54, 1.807) is 20.8 Å². The summed E-state index contributed by atoms with van der Waals surface area (Å²) in [5.74, 6) is -7.49. The predicted molar refractivity (Wildman–Crippen MR) is 162 cm³/mol. The maximum Gasteiger partial charge on any atom is 0.455 e. The first-order valence-corrected chi connectivity index (χ1v) is 14.2. The molecule has 4 aromatic rings. The SMILES string of the molecule is CNC(=O)c1c(-c2ccc(F)cc2)oc2nc(NCC(F)(F)C(F)(F)F)c(-c3ccc(OC)c(C(=O)CC(C)(C#N)C(C)C)c3)cc12. The van der Waals surface area contributed by atoms with Crippen LogP contribution in [0.5, 0.6) is 5.75 Å². The smallest absolute Gasteiger partial charge is 0.455 e. The van der Waals surface area contributed by atoms with E-state index in [1.807, 2.05) is 0 Å². The number of alkyl halides is 5. The number of Topliss-reactive ketones (excluding diaryl/α,β-unsaturated/α-hetero) is 1. The van der Waals surface area contributed by atoms with Gasteiger partial charge in [0.15, 0.2) is 5.78 Å². The van der Waals surface area contributed by atoms with Gasteiger partial charge in [0.2, 0.25) is 5.71 Å². The maximum absolute atomic E-state index is 14.1. The third-order valence-corrected chi connectivity index (χ3v) is 8.00. The number of nitrogens with zero attached hydrogens (tertiary/aromatic N) is 2. The van der Waals surface area contributed by atoms with Gasteiger partial charge in [-0.05, 0) is 60.9 Å². The number of amides is 1. The zero-order chi connectivity index (χ0) is 34.9. The van der Waals surface area contributed by atoms with Crippen molar-refractivity contribution in [2.75, 3.05) is 26.0 Å². The molecule has 8 nitrogen and oxygen atoms in total. The number of ketones is 1. The Bertz CT molecular complexity index is 1860. The van der Waals surface area contributed by atoms with Crippen molar-refractivity contribution in [2.45, 2.75) is 39.3 Å². The molecule has 248 valence electrons. The number of nitriles is 1. The van der Waals surface area contributed by atoms with Crippen LogP contribution in [0.1, 0.15) is 47.9 Å². The number of benzene rings is 2. The van der Waals surface area contributed by atoms with Gasteiger partial charge in [-0.3, -0.25) is 9.59 Å². The van der Waals surface area contributed by atoms with Crippen LogP contribution in [0.4, 0.5) is 32.2 Å². The van der Waals surface area contributed by atoms with E-state index in [4.69, 9.17) is 9.15 Å². The molecule has 0 aliphatic carbocycles. The van der Waals surface area contributed by atoms with Crippen molar-refractivity contribution in [1.29, 1.82) is 5.26 Å². The van der Waals surface area contributed by atoms with E-state index in [2.05, 4.69) is 21.7 Å². The number of pyridine rings is 1. The van der Waals surface area contributed by atoms with Crippen molar-refractivity contribution in [3.8, 4) is 34.3 Å². The van der Waals surface area contributed by atoms with Crippen LogP contribution in [0.2, 0.25) is 0 Å². The second-order valence-corrected chi connectivity index (χ2v) is 11.4. The monoisotopic (exact) mass is 660 g/mol. The number of methoxy groups -OCH3 is 1. The maximum atomic E-state index is 14.1. The Morgan fingerprint density at radius 1 is 1.04 bits per heavy atom. The van der Waals surface area contributed by atoms with Gasteiger partial charge in [0, 0.05) is 24.6 Å². The number of hydrogen-bond acceptors (Lipinski definition) is 7. The lowest BCUT2D eigenvalue weighted by Gasteiger charge is -2.25. The number of ether oxygens (including phenoxy) is 1. The Labute approximate surface area is 265 Å². The lowest BCUT2D eigenvalue weighted by Crippen LogP contribution is -2.42. The number of rotatable bonds is 11. The number of aromatic nitrogens is 1. The van der Waals surface area contributed by atoms with Gasteiger partial charge < -0.3 is 19.8 Å². The normalized spacial score (nSPS) is 13.3. The van der Waals surface area contributed by atoms with Crippen LogP contribution in [0.3, 0.4) is 0 Å². The molecule has 0 spiro atoms. The molecule has 4 rings (SSSR count). The first-order chi connectivity index (χ1) is 22.0. The Kier molecular flexibility index (Phi) is 9.61. The zero-order valence-corrected chi connectivity index (χ0v) is 25.9. The summed E-state index contributed by atoms with van der Waals surface area (Å²) in [6.45, 7) is 3.31. The first-order valence-electron chi connectivity index (χ1n) is 14.2. The minimum Gasteiger partial charge on any atom is -0.496 e. The molecule has 2 N–H and O–H groups in total. The van der Waals surface area contributed by atoms with E-state index >= 15 is 0 Å². The fourth-order valence-corrected chi connectivity index (χ4v) is 4.72. The molecule has 1 atom stereocenters. The predicted octanol–water partition coefficient (Wildman–Crippen LogP) is 8.04. The summed E-state index contributed by atoms with van der Waals surface area (Å²) >= 11 is 0. The fraction of sp³-hybridized carbons (Fsp3) is 0.333. The molecule has 0 fully saturated rings. The van der Waals surface area contributed by atoms with Crippen LogP contribution < -0.4 is 15.4 Å². The lowest BCUT2D eigenvalue weighted by atomic mass is 9.75. The van der Waals surface area contributed by atoms with E-state index in [0.29, 0.717) is 0 Å². The van der Waals surface area contributed by atoms with E-state index in [0.717, 1.165) is 12.1 Å². The summed E-state index contributed by atoms with van der Waals surface area (Å²) in [7, 11) is 2.66. The number of hydrogen-bond donors (Lipinski definition) is 2. The molecule has 1 amide bonds. The summed E-state index contributed by atoms with van der Waals surface area (Å²) in [5.41, 5.74) is -1.06. The second kappa shape index (κ2) is 13.0. The second-order valence-electron chi connectivity index (χ2n) is 11.4. The highest BCUT2D eigenvalue weighted by molar-refractivity contribution is 6.12. The minimum absolute atomic E-state index is 0.0181. The highest BCUT2D eigenvalue weighted by Crippen LogP contribution is 2.41. The molecule has 0 aliphatic heterocycles. The molecule has 2 aromatic carbocycles. The Morgan fingerprint density at radius 3 is 2.23 bits per heavy atom. The summed E-state index contributed by atoms with van der Waals surface area (Å²) < 4.78 is 92.2. The molecular weight excluding hydrogens is 630 g/mol. The van der Waals surface area contributed by atoms with E-state index in [9.17, 15) is 41.2 Å². The van der Waals surface area contributed by atoms with Gasteiger partial charge in [-0.25, -0.2) is 4.39 Å². The van der Waals surface area contributed by atoms with Gasteiger partial charge in [-0.2, -0.15) is 32.2 Å². The number of carbonyl (C=O) groups is 2. The fourth-order valence-electron chi connectivity index (χ4n) is 4.72. The molecule has 0 radical (unpaired) electrons. The zero-order valence-electron chi connectivity index (χ0n) is 25.9. The molecule has 0 aliphatic rings. The Balaban J connectivity index is 1.98. The van der Waals surface area contributed by atoms with Crippen molar-refractivity contribution in [3.05, 3.63) is 65.5 Å². The van der Waals surface area contributed by atoms with Crippen molar-refractivity contribution in [1.82, 2.24) is 10.3 Å². The number of halogens is 6. The first kappa shape index (κ1) is 34.8. The number of fused-ring (bicyclic) bond motifs is 1. The summed E-state index contributed by atoms with van der Waals surface area (Å²) in [6, 6.07) is 12.5. The number of furan rings is 1. The molecule has 0 saturated carbocycles. The van der Waals surface area contributed by atoms with Crippen LogP contribution in [-0.2, 0) is 0 Å². The van der Waals surface area contributed by atoms with Crippen molar-refractivity contribution < 1.29 is 45.1 Å². The van der Waals surface area contributed by atoms with Gasteiger partial charge in [-0.1, -0.05) is 19.9 Å². The number of anilines is 1. The molecule has 0 bridgehead atoms. The summed E-state index contributed by atoms with van der Waals surface area (Å²) in [6.07, 6.45) is -6.08. The van der Waals surface area contributed by atoms with Gasteiger partial charge in [0.25, 0.3) is 5.91 Å². The molecule has 0 saturated heterocycles. The van der Waals surface area contributed by atoms with Crippen LogP contribution in [0.25, 0.3) is 33.6 Å². The molecule has 47 heavy (non-hydrogen) atoms. The van der Waals surface area contributed by atoms with Gasteiger partial charge in [-0.15, -0.1) is 0 Å². The lowest BCUT2D eigenvalue weighted by molar-refractivity contribution is -0.275. The molecule has 14 heteroatoms. The van der Waals surface area contributed by atoms with Crippen molar-refractivity contribution >= 4 is 28.6 Å². The van der Waals surface area contributed by atoms with Gasteiger partial charge >= 0.3 is 12.1 Å². The molecule has 2 heterocycles. The standard InChI is InChI=1S/C33H30F6N4O4/c1-17(2)31(3,15-40)14-24(44)22-12-19(8-11-25(22)46-5)21-13-23-26(29(45)41-4)27(18-6-9-20(34)10-7-18)47-30(23)43-28(21)42-16-32(35,36)33(37,38)39/h6-13,17H,14,16H2,1-5H3,(H,41,45)(H,42,43). The highest BCUT2D eigenvalue weighted by atomic mass is 19.4. The minimum atomic E-state index is -5.87. The van der Waals surface area contributed by atoms with E-state index in [1.165, 1.54) is 50.6 Å². The summed E-state index contributed by atoms with van der Waals surface area (Å²) in [4.78, 5) is 30.8. The molecule has 1 unspecified atom stereocenters. The topological polar surface area (TPSA) is 117 Å². The number of nitrogens with one attached hydrogen (secondary N) is 2.